The third-order valence-corrected chi connectivity index (χ3v) is 7.28. The summed E-state index contributed by atoms with van der Waals surface area (Å²) in [7, 11) is 0. The number of aliphatic carboxylic acids is 1. The van der Waals surface area contributed by atoms with Crippen LogP contribution in [0.2, 0.25) is 0 Å². The molecule has 2 aromatic rings. The van der Waals surface area contributed by atoms with Crippen LogP contribution in [0.4, 0.5) is 5.69 Å². The van der Waals surface area contributed by atoms with Crippen LogP contribution in [0, 0.1) is 5.92 Å². The van der Waals surface area contributed by atoms with Gasteiger partial charge in [0.15, 0.2) is 6.29 Å². The standard InChI is InChI=1S/C28H36N2O7/c1-18-24(15-30-14-2-3-23(30)17-32)36-28(37-27(18)20-6-4-19(16-31)5-7-20)21-8-10-22(11-9-21)29-25(33)12-13-26(34)35/h4-11,18,23-24,27-28,31-32H,2-3,12-17H2,1H3,(H,29,33)(H,34,35)/t18-,23-,24+,27+,28+/m0/s1. The minimum absolute atomic E-state index is 0.0214. The van der Waals surface area contributed by atoms with E-state index >= 15 is 0 Å². The number of aliphatic hydroxyl groups excluding tert-OH is 2. The normalized spacial score (nSPS) is 26.2. The fourth-order valence-corrected chi connectivity index (χ4v) is 5.07. The van der Waals surface area contributed by atoms with Crippen molar-refractivity contribution in [1.29, 1.82) is 0 Å². The van der Waals surface area contributed by atoms with Crippen LogP contribution < -0.4 is 5.32 Å². The first-order chi connectivity index (χ1) is 17.9. The van der Waals surface area contributed by atoms with Gasteiger partial charge in [-0.05, 0) is 42.6 Å². The van der Waals surface area contributed by atoms with Gasteiger partial charge in [-0.3, -0.25) is 14.5 Å². The number of likely N-dealkylation sites (tertiary alicyclic amines) is 1. The van der Waals surface area contributed by atoms with E-state index in [4.69, 9.17) is 14.6 Å². The van der Waals surface area contributed by atoms with Gasteiger partial charge in [0.05, 0.1) is 31.8 Å². The molecule has 0 unspecified atom stereocenters. The number of rotatable bonds is 10. The second-order valence-corrected chi connectivity index (χ2v) is 9.86. The number of carboxylic acids is 1. The van der Waals surface area contributed by atoms with Gasteiger partial charge in [0.2, 0.25) is 5.91 Å². The molecule has 1 amide bonds. The van der Waals surface area contributed by atoms with Crippen LogP contribution in [0.15, 0.2) is 48.5 Å². The molecular weight excluding hydrogens is 476 g/mol. The predicted molar refractivity (Wildman–Crippen MR) is 137 cm³/mol. The number of benzene rings is 2. The van der Waals surface area contributed by atoms with E-state index in [0.29, 0.717) is 12.2 Å². The maximum absolute atomic E-state index is 12.0. The molecule has 9 heteroatoms. The highest BCUT2D eigenvalue weighted by Gasteiger charge is 2.40. The molecular formula is C28H36N2O7. The first kappa shape index (κ1) is 27.2. The molecule has 9 nitrogen and oxygen atoms in total. The Kier molecular flexibility index (Phi) is 9.28. The quantitative estimate of drug-likeness (QED) is 0.382. The lowest BCUT2D eigenvalue weighted by atomic mass is 9.90. The summed E-state index contributed by atoms with van der Waals surface area (Å²) in [6.07, 6.45) is 0.721. The lowest BCUT2D eigenvalue weighted by Crippen LogP contribution is -2.46. The number of carbonyl (C=O) groups excluding carboxylic acids is 1. The molecule has 0 saturated carbocycles. The number of anilines is 1. The van der Waals surface area contributed by atoms with Gasteiger partial charge >= 0.3 is 5.97 Å². The first-order valence-electron chi connectivity index (χ1n) is 12.8. The molecule has 5 atom stereocenters. The number of aliphatic hydroxyl groups is 2. The molecule has 0 aliphatic carbocycles. The Morgan fingerprint density at radius 2 is 1.70 bits per heavy atom. The Labute approximate surface area is 217 Å². The SMILES string of the molecule is C[C@H]1[C@@H](CN2CCC[C@H]2CO)O[C@@H](c2ccc(NC(=O)CCC(=O)O)cc2)O[C@H]1c1ccc(CO)cc1. The van der Waals surface area contributed by atoms with Crippen LogP contribution in [0.3, 0.4) is 0 Å². The molecule has 2 aliphatic heterocycles. The zero-order valence-corrected chi connectivity index (χ0v) is 21.1. The third kappa shape index (κ3) is 6.94. The van der Waals surface area contributed by atoms with Crippen molar-refractivity contribution in [3.05, 3.63) is 65.2 Å². The zero-order chi connectivity index (χ0) is 26.4. The van der Waals surface area contributed by atoms with Gasteiger partial charge in [-0.25, -0.2) is 0 Å². The van der Waals surface area contributed by atoms with Gasteiger partial charge in [0.25, 0.3) is 0 Å². The molecule has 0 spiro atoms. The Balaban J connectivity index is 1.52. The first-order valence-corrected chi connectivity index (χ1v) is 12.8. The predicted octanol–water partition coefficient (Wildman–Crippen LogP) is 3.23. The van der Waals surface area contributed by atoms with Crippen LogP contribution in [-0.2, 0) is 25.7 Å². The summed E-state index contributed by atoms with van der Waals surface area (Å²) < 4.78 is 13.0. The maximum atomic E-state index is 12.0. The summed E-state index contributed by atoms with van der Waals surface area (Å²) in [5, 5.41) is 30.7. The van der Waals surface area contributed by atoms with E-state index in [1.165, 1.54) is 0 Å². The molecule has 200 valence electrons. The molecule has 2 aliphatic rings. The summed E-state index contributed by atoms with van der Waals surface area (Å²) in [6, 6.07) is 15.1. The number of ether oxygens (including phenoxy) is 2. The number of hydrogen-bond donors (Lipinski definition) is 4. The van der Waals surface area contributed by atoms with E-state index in [9.17, 15) is 19.8 Å². The summed E-state index contributed by atoms with van der Waals surface area (Å²) in [5.41, 5.74) is 3.21. The Morgan fingerprint density at radius 1 is 1.00 bits per heavy atom. The highest BCUT2D eigenvalue weighted by Crippen LogP contribution is 2.42. The fourth-order valence-electron chi connectivity index (χ4n) is 5.07. The van der Waals surface area contributed by atoms with Gasteiger partial charge in [0.1, 0.15) is 0 Å². The highest BCUT2D eigenvalue weighted by molar-refractivity contribution is 5.92. The van der Waals surface area contributed by atoms with Crippen molar-refractivity contribution in [1.82, 2.24) is 4.90 Å². The van der Waals surface area contributed by atoms with Gasteiger partial charge in [0, 0.05) is 36.2 Å². The van der Waals surface area contributed by atoms with Crippen LogP contribution in [0.25, 0.3) is 0 Å². The number of hydrogen-bond acceptors (Lipinski definition) is 7. The van der Waals surface area contributed by atoms with E-state index in [2.05, 4.69) is 17.1 Å². The number of nitrogens with zero attached hydrogens (tertiary/aromatic N) is 1. The second kappa shape index (κ2) is 12.6. The van der Waals surface area contributed by atoms with Crippen molar-refractivity contribution in [3.63, 3.8) is 0 Å². The minimum Gasteiger partial charge on any atom is -0.481 e. The van der Waals surface area contributed by atoms with Gasteiger partial charge < -0.3 is 30.1 Å². The van der Waals surface area contributed by atoms with Crippen molar-refractivity contribution in [3.8, 4) is 0 Å². The van der Waals surface area contributed by atoms with E-state index in [-0.39, 0.29) is 56.1 Å². The van der Waals surface area contributed by atoms with E-state index < -0.39 is 12.3 Å². The summed E-state index contributed by atoms with van der Waals surface area (Å²) >= 11 is 0. The zero-order valence-electron chi connectivity index (χ0n) is 21.1. The van der Waals surface area contributed by atoms with Gasteiger partial charge in [-0.1, -0.05) is 43.3 Å². The number of amides is 1. The minimum atomic E-state index is -1.01. The highest BCUT2D eigenvalue weighted by atomic mass is 16.7. The number of nitrogens with one attached hydrogen (secondary N) is 1. The summed E-state index contributed by atoms with van der Waals surface area (Å²) in [4.78, 5) is 25.0. The van der Waals surface area contributed by atoms with Crippen molar-refractivity contribution < 1.29 is 34.4 Å². The monoisotopic (exact) mass is 512 g/mol. The average Bonchev–Trinajstić information content (AvgIpc) is 3.36. The molecule has 0 radical (unpaired) electrons. The van der Waals surface area contributed by atoms with E-state index in [0.717, 1.165) is 36.1 Å². The van der Waals surface area contributed by atoms with Crippen LogP contribution >= 0.6 is 0 Å². The molecule has 2 aromatic carbocycles. The van der Waals surface area contributed by atoms with Crippen molar-refractivity contribution >= 4 is 17.6 Å². The molecule has 4 rings (SSSR count). The number of carboxylic acid groups (broad SMARTS) is 1. The van der Waals surface area contributed by atoms with Gasteiger partial charge in [-0.15, -0.1) is 0 Å². The van der Waals surface area contributed by atoms with Crippen LogP contribution in [-0.4, -0.2) is 63.9 Å². The second-order valence-electron chi connectivity index (χ2n) is 9.86. The molecule has 0 aromatic heterocycles. The largest absolute Gasteiger partial charge is 0.481 e. The lowest BCUT2D eigenvalue weighted by molar-refractivity contribution is -0.276. The van der Waals surface area contributed by atoms with Crippen molar-refractivity contribution in [2.24, 2.45) is 5.92 Å². The van der Waals surface area contributed by atoms with Crippen LogP contribution in [0.5, 0.6) is 0 Å². The molecule has 4 N–H and O–H groups in total. The average molecular weight is 513 g/mol. The maximum Gasteiger partial charge on any atom is 0.303 e. The molecule has 2 heterocycles. The third-order valence-electron chi connectivity index (χ3n) is 7.28. The topological polar surface area (TPSA) is 129 Å². The van der Waals surface area contributed by atoms with E-state index in [1.807, 2.05) is 36.4 Å². The Hall–Kier alpha value is -2.82. The Morgan fingerprint density at radius 3 is 2.35 bits per heavy atom. The van der Waals surface area contributed by atoms with Crippen LogP contribution in [0.1, 0.15) is 61.7 Å². The molecule has 0 bridgehead atoms. The van der Waals surface area contributed by atoms with Crippen molar-refractivity contribution in [2.45, 2.75) is 63.8 Å². The van der Waals surface area contributed by atoms with E-state index in [1.54, 1.807) is 12.1 Å². The summed E-state index contributed by atoms with van der Waals surface area (Å²) in [5.74, 6) is -1.32. The molecule has 2 saturated heterocycles. The molecule has 37 heavy (non-hydrogen) atoms. The number of carbonyl (C=O) groups is 2. The molecule has 2 fully saturated rings. The Bertz CT molecular complexity index is 1040. The fraction of sp³-hybridized carbons (Fsp3) is 0.500. The van der Waals surface area contributed by atoms with Gasteiger partial charge in [-0.2, -0.15) is 0 Å². The summed E-state index contributed by atoms with van der Waals surface area (Å²) in [6.45, 7) is 3.84. The smallest absolute Gasteiger partial charge is 0.303 e. The lowest BCUT2D eigenvalue weighted by Gasteiger charge is -2.43. The van der Waals surface area contributed by atoms with Crippen molar-refractivity contribution in [2.75, 3.05) is 25.0 Å².